The van der Waals surface area contributed by atoms with E-state index < -0.39 is 0 Å². The molecule has 0 saturated carbocycles. The number of nitrogens with two attached hydrogens (primary N) is 1. The summed E-state index contributed by atoms with van der Waals surface area (Å²) in [4.78, 5) is 25.4. The van der Waals surface area contributed by atoms with Gasteiger partial charge in [-0.05, 0) is 69.2 Å². The van der Waals surface area contributed by atoms with Crippen molar-refractivity contribution < 1.29 is 19.1 Å². The fourth-order valence-corrected chi connectivity index (χ4v) is 4.88. The zero-order chi connectivity index (χ0) is 24.1. The third-order valence-electron chi connectivity index (χ3n) is 6.96. The molecule has 184 valence electrons. The zero-order valence-electron chi connectivity index (χ0n) is 20.1. The van der Waals surface area contributed by atoms with Crippen LogP contribution in [-0.4, -0.2) is 55.1 Å². The largest absolute Gasteiger partial charge is 0.462 e. The number of hydrogen-bond acceptors (Lipinski definition) is 7. The van der Waals surface area contributed by atoms with Crippen LogP contribution in [0.4, 0.5) is 0 Å². The summed E-state index contributed by atoms with van der Waals surface area (Å²) in [6.45, 7) is 5.01. The van der Waals surface area contributed by atoms with E-state index in [2.05, 4.69) is 10.6 Å². The highest BCUT2D eigenvalue weighted by atomic mass is 16.5. The van der Waals surface area contributed by atoms with Gasteiger partial charge in [0.05, 0.1) is 24.0 Å². The van der Waals surface area contributed by atoms with E-state index in [1.165, 1.54) is 0 Å². The highest BCUT2D eigenvalue weighted by Crippen LogP contribution is 2.37. The summed E-state index contributed by atoms with van der Waals surface area (Å²) in [5.41, 5.74) is 9.95. The summed E-state index contributed by atoms with van der Waals surface area (Å²) in [6.07, 6.45) is 3.61. The lowest BCUT2D eigenvalue weighted by Gasteiger charge is -2.36. The molecule has 4 rings (SSSR count). The lowest BCUT2D eigenvalue weighted by atomic mass is 9.75. The van der Waals surface area contributed by atoms with Crippen molar-refractivity contribution in [1.29, 1.82) is 0 Å². The maximum atomic E-state index is 12.9. The van der Waals surface area contributed by atoms with Crippen molar-refractivity contribution in [2.24, 2.45) is 11.1 Å². The van der Waals surface area contributed by atoms with Gasteiger partial charge in [-0.25, -0.2) is 4.79 Å². The molecule has 0 bridgehead atoms. The molecule has 1 fully saturated rings. The van der Waals surface area contributed by atoms with Gasteiger partial charge in [-0.1, -0.05) is 12.1 Å². The predicted molar refractivity (Wildman–Crippen MR) is 127 cm³/mol. The molecule has 9 heteroatoms. The summed E-state index contributed by atoms with van der Waals surface area (Å²) >= 11 is 0. The molecule has 2 aromatic rings. The number of carbonyl (C=O) groups excluding carboxylic acids is 2. The number of nitrogens with one attached hydrogen (secondary N) is 2. The molecule has 1 unspecified atom stereocenters. The Morgan fingerprint density at radius 2 is 2.18 bits per heavy atom. The van der Waals surface area contributed by atoms with Crippen LogP contribution in [0.25, 0.3) is 0 Å². The van der Waals surface area contributed by atoms with Crippen LogP contribution in [0, 0.1) is 5.41 Å². The number of aromatic nitrogens is 2. The first-order valence-electron chi connectivity index (χ1n) is 12.1. The van der Waals surface area contributed by atoms with Crippen molar-refractivity contribution in [2.45, 2.75) is 51.7 Å². The minimum absolute atomic E-state index is 0.0151. The molecule has 3 heterocycles. The Bertz CT molecular complexity index is 1030. The molecule has 1 spiro atoms. The van der Waals surface area contributed by atoms with Crippen molar-refractivity contribution in [3.05, 3.63) is 52.3 Å². The summed E-state index contributed by atoms with van der Waals surface area (Å²) < 4.78 is 12.9. The lowest BCUT2D eigenvalue weighted by Crippen LogP contribution is -2.40. The minimum atomic E-state index is -0.372. The maximum Gasteiger partial charge on any atom is 0.338 e. The highest BCUT2D eigenvalue weighted by molar-refractivity contribution is 5.94. The van der Waals surface area contributed by atoms with Gasteiger partial charge in [0.25, 0.3) is 5.91 Å². The number of carbonyl (C=O) groups is 2. The Labute approximate surface area is 200 Å². The number of nitrogens with zero attached hydrogens (tertiary/aromatic N) is 2. The molecule has 0 radical (unpaired) electrons. The van der Waals surface area contributed by atoms with E-state index in [4.69, 9.17) is 20.3 Å². The smallest absolute Gasteiger partial charge is 0.338 e. The fourth-order valence-electron chi connectivity index (χ4n) is 4.88. The van der Waals surface area contributed by atoms with Crippen molar-refractivity contribution >= 4 is 11.9 Å². The van der Waals surface area contributed by atoms with E-state index in [1.54, 1.807) is 29.9 Å². The van der Waals surface area contributed by atoms with Gasteiger partial charge in [-0.2, -0.15) is 5.10 Å². The van der Waals surface area contributed by atoms with Gasteiger partial charge in [0.2, 0.25) is 0 Å². The van der Waals surface area contributed by atoms with Gasteiger partial charge in [0, 0.05) is 31.9 Å². The molecule has 4 N–H and O–H groups in total. The average molecular weight is 470 g/mol. The number of rotatable bonds is 8. The third-order valence-corrected chi connectivity index (χ3v) is 6.96. The second kappa shape index (κ2) is 10.7. The van der Waals surface area contributed by atoms with Crippen LogP contribution in [0.2, 0.25) is 0 Å². The van der Waals surface area contributed by atoms with Crippen LogP contribution in [0.1, 0.15) is 70.0 Å². The third kappa shape index (κ3) is 5.16. The number of aryl methyl sites for hydroxylation is 2. The second-order valence-corrected chi connectivity index (χ2v) is 9.19. The molecule has 2 aliphatic rings. The first-order valence-corrected chi connectivity index (χ1v) is 12.1. The van der Waals surface area contributed by atoms with Gasteiger partial charge in [0.15, 0.2) is 0 Å². The Hall–Kier alpha value is -2.75. The monoisotopic (exact) mass is 469 g/mol. The number of hydrogen-bond donors (Lipinski definition) is 3. The fraction of sp³-hybridized carbons (Fsp3) is 0.560. The number of esters is 1. The Kier molecular flexibility index (Phi) is 7.65. The van der Waals surface area contributed by atoms with Crippen LogP contribution < -0.4 is 16.4 Å². The van der Waals surface area contributed by atoms with E-state index in [1.807, 2.05) is 13.0 Å². The van der Waals surface area contributed by atoms with Crippen molar-refractivity contribution in [3.8, 4) is 0 Å². The van der Waals surface area contributed by atoms with Gasteiger partial charge in [-0.15, -0.1) is 0 Å². The van der Waals surface area contributed by atoms with Crippen LogP contribution in [0.15, 0.2) is 24.3 Å². The Morgan fingerprint density at radius 3 is 2.91 bits per heavy atom. The van der Waals surface area contributed by atoms with Gasteiger partial charge in [-0.3, -0.25) is 9.48 Å². The van der Waals surface area contributed by atoms with E-state index in [0.29, 0.717) is 37.2 Å². The van der Waals surface area contributed by atoms with Crippen molar-refractivity contribution in [3.63, 3.8) is 0 Å². The minimum Gasteiger partial charge on any atom is -0.462 e. The average Bonchev–Trinajstić information content (AvgIpc) is 3.15. The summed E-state index contributed by atoms with van der Waals surface area (Å²) in [5.74, 6) is -0.423. The van der Waals surface area contributed by atoms with Crippen LogP contribution >= 0.6 is 0 Å². The van der Waals surface area contributed by atoms with Crippen molar-refractivity contribution in [2.75, 3.05) is 33.4 Å². The number of ether oxygens (including phenoxy) is 2. The second-order valence-electron chi connectivity index (χ2n) is 9.19. The Balaban J connectivity index is 1.42. The van der Waals surface area contributed by atoms with Crippen LogP contribution in [0.5, 0.6) is 0 Å². The van der Waals surface area contributed by atoms with E-state index in [0.717, 1.165) is 49.3 Å². The topological polar surface area (TPSA) is 121 Å². The van der Waals surface area contributed by atoms with Gasteiger partial charge < -0.3 is 25.8 Å². The molecule has 0 aliphatic carbocycles. The standard InChI is InChI=1S/C25H35N5O4/c1-3-30-21-19(15-25(16-28-23(21)31)9-12-33-13-10-25)20(29-30)8-5-11-34-24(32)18-7-4-6-17(14-18)22(26)27-2/h4,6-7,14,22,27H,3,5,8-13,15-16,26H2,1-2H3,(H,28,31). The number of benzene rings is 1. The quantitative estimate of drug-likeness (QED) is 0.307. The Morgan fingerprint density at radius 1 is 1.38 bits per heavy atom. The van der Waals surface area contributed by atoms with Crippen LogP contribution in [-0.2, 0) is 28.9 Å². The van der Waals surface area contributed by atoms with E-state index in [-0.39, 0.29) is 30.1 Å². The number of amides is 1. The lowest BCUT2D eigenvalue weighted by molar-refractivity contribution is 0.0160. The molecule has 1 saturated heterocycles. The molecule has 1 aromatic heterocycles. The molecule has 9 nitrogen and oxygen atoms in total. The summed E-state index contributed by atoms with van der Waals surface area (Å²) in [7, 11) is 1.77. The predicted octanol–water partition coefficient (Wildman–Crippen LogP) is 1.95. The van der Waals surface area contributed by atoms with Crippen LogP contribution in [0.3, 0.4) is 0 Å². The molecule has 1 atom stereocenters. The highest BCUT2D eigenvalue weighted by Gasteiger charge is 2.39. The molecular formula is C25H35N5O4. The molecule has 1 amide bonds. The molecule has 2 aliphatic heterocycles. The summed E-state index contributed by atoms with van der Waals surface area (Å²) in [6, 6.07) is 7.14. The van der Waals surface area contributed by atoms with E-state index >= 15 is 0 Å². The SMILES string of the molecule is CCn1nc(CCCOC(=O)c2cccc(C(N)NC)c2)c2c1C(=O)NCC1(CCOCC1)C2. The molecule has 34 heavy (non-hydrogen) atoms. The first kappa shape index (κ1) is 24.4. The van der Waals surface area contributed by atoms with Gasteiger partial charge >= 0.3 is 5.97 Å². The molecular weight excluding hydrogens is 434 g/mol. The number of fused-ring (bicyclic) bond motifs is 1. The molecule has 1 aromatic carbocycles. The first-order chi connectivity index (χ1) is 16.5. The maximum absolute atomic E-state index is 12.9. The normalized spacial score (nSPS) is 18.1. The van der Waals surface area contributed by atoms with Gasteiger partial charge in [0.1, 0.15) is 5.69 Å². The van der Waals surface area contributed by atoms with Crippen molar-refractivity contribution in [1.82, 2.24) is 20.4 Å². The zero-order valence-corrected chi connectivity index (χ0v) is 20.1. The summed E-state index contributed by atoms with van der Waals surface area (Å²) in [5, 5.41) is 10.8. The van der Waals surface area contributed by atoms with E-state index in [9.17, 15) is 9.59 Å².